The SMILES string of the molecule is CC(=O)Oc1cc2cc(Br)ccc2[n+](O)c1. The summed E-state index contributed by atoms with van der Waals surface area (Å²) in [7, 11) is 0. The summed E-state index contributed by atoms with van der Waals surface area (Å²) in [6.45, 7) is 1.31. The fraction of sp³-hybridized carbons (Fsp3) is 0.0909. The molecule has 2 aromatic rings. The molecule has 4 nitrogen and oxygen atoms in total. The number of pyridine rings is 1. The molecule has 16 heavy (non-hydrogen) atoms. The first-order chi connectivity index (χ1) is 7.56. The zero-order valence-electron chi connectivity index (χ0n) is 8.48. The summed E-state index contributed by atoms with van der Waals surface area (Å²) < 4.78 is 6.73. The highest BCUT2D eigenvalue weighted by atomic mass is 79.9. The third kappa shape index (κ3) is 2.14. The Morgan fingerprint density at radius 1 is 1.44 bits per heavy atom. The number of benzene rings is 1. The van der Waals surface area contributed by atoms with Gasteiger partial charge < -0.3 is 4.74 Å². The average Bonchev–Trinajstić information content (AvgIpc) is 2.15. The van der Waals surface area contributed by atoms with Crippen LogP contribution in [0.4, 0.5) is 0 Å². The summed E-state index contributed by atoms with van der Waals surface area (Å²) in [5, 5.41) is 10.4. The largest absolute Gasteiger partial charge is 0.420 e. The van der Waals surface area contributed by atoms with Gasteiger partial charge in [-0.3, -0.25) is 10.0 Å². The van der Waals surface area contributed by atoms with E-state index in [1.54, 1.807) is 12.1 Å². The number of fused-ring (bicyclic) bond motifs is 1. The highest BCUT2D eigenvalue weighted by molar-refractivity contribution is 9.10. The molecule has 0 saturated carbocycles. The van der Waals surface area contributed by atoms with Crippen LogP contribution in [0.5, 0.6) is 5.75 Å². The number of carbonyl (C=O) groups excluding carboxylic acids is 1. The third-order valence-corrected chi connectivity index (χ3v) is 2.54. The molecule has 1 aromatic heterocycles. The average molecular weight is 283 g/mol. The van der Waals surface area contributed by atoms with Crippen LogP contribution in [0.3, 0.4) is 0 Å². The monoisotopic (exact) mass is 282 g/mol. The van der Waals surface area contributed by atoms with Crippen molar-refractivity contribution in [3.05, 3.63) is 34.9 Å². The minimum Gasteiger partial charge on any atom is -0.420 e. The van der Waals surface area contributed by atoms with Crippen LogP contribution in [0.15, 0.2) is 34.9 Å². The van der Waals surface area contributed by atoms with E-state index in [0.29, 0.717) is 11.3 Å². The fourth-order valence-electron chi connectivity index (χ4n) is 1.45. The normalized spacial score (nSPS) is 10.4. The molecular weight excluding hydrogens is 274 g/mol. The van der Waals surface area contributed by atoms with Gasteiger partial charge in [-0.1, -0.05) is 15.9 Å². The van der Waals surface area contributed by atoms with E-state index in [9.17, 15) is 10.0 Å². The Balaban J connectivity index is 2.60. The first-order valence-electron chi connectivity index (χ1n) is 4.59. The molecule has 1 aromatic carbocycles. The Morgan fingerprint density at radius 2 is 2.19 bits per heavy atom. The van der Waals surface area contributed by atoms with Gasteiger partial charge in [0.15, 0.2) is 5.75 Å². The number of carbonyl (C=O) groups is 1. The lowest BCUT2D eigenvalue weighted by Crippen LogP contribution is -2.30. The molecule has 2 rings (SSSR count). The van der Waals surface area contributed by atoms with Gasteiger partial charge in [-0.2, -0.15) is 0 Å². The Kier molecular flexibility index (Phi) is 2.78. The summed E-state index contributed by atoms with van der Waals surface area (Å²) in [4.78, 5) is 10.8. The molecule has 0 aliphatic rings. The maximum Gasteiger partial charge on any atom is 0.308 e. The Labute approximate surface area is 100 Å². The van der Waals surface area contributed by atoms with Gasteiger partial charge in [-0.15, -0.1) is 0 Å². The van der Waals surface area contributed by atoms with Crippen molar-refractivity contribution in [2.75, 3.05) is 0 Å². The summed E-state index contributed by atoms with van der Waals surface area (Å²) in [6.07, 6.45) is 1.34. The van der Waals surface area contributed by atoms with E-state index in [0.717, 1.165) is 14.6 Å². The predicted octanol–water partition coefficient (Wildman–Crippen LogP) is 2.05. The van der Waals surface area contributed by atoms with E-state index in [4.69, 9.17) is 4.74 Å². The number of hydrogen-bond donors (Lipinski definition) is 1. The second kappa shape index (κ2) is 4.09. The van der Waals surface area contributed by atoms with Gasteiger partial charge in [0.05, 0.1) is 5.39 Å². The van der Waals surface area contributed by atoms with Crippen molar-refractivity contribution in [2.24, 2.45) is 0 Å². The van der Waals surface area contributed by atoms with Crippen LogP contribution in [0.25, 0.3) is 10.9 Å². The van der Waals surface area contributed by atoms with Crippen LogP contribution in [0, 0.1) is 0 Å². The zero-order valence-corrected chi connectivity index (χ0v) is 10.1. The molecule has 0 spiro atoms. The Bertz CT molecular complexity index is 568. The molecule has 0 atom stereocenters. The van der Waals surface area contributed by atoms with E-state index in [-0.39, 0.29) is 0 Å². The molecular formula is C11H9BrNO3+. The van der Waals surface area contributed by atoms with Gasteiger partial charge in [0.1, 0.15) is 0 Å². The molecule has 0 saturated heterocycles. The minimum absolute atomic E-state index is 0.306. The van der Waals surface area contributed by atoms with E-state index in [1.807, 2.05) is 12.1 Å². The van der Waals surface area contributed by atoms with Crippen LogP contribution in [-0.2, 0) is 4.79 Å². The van der Waals surface area contributed by atoms with Gasteiger partial charge in [-0.25, -0.2) is 0 Å². The number of nitrogens with zero attached hydrogens (tertiary/aromatic N) is 1. The first-order valence-corrected chi connectivity index (χ1v) is 5.38. The predicted molar refractivity (Wildman–Crippen MR) is 60.3 cm³/mol. The number of esters is 1. The number of ether oxygens (including phenoxy) is 1. The molecule has 0 unspecified atom stereocenters. The highest BCUT2D eigenvalue weighted by Gasteiger charge is 2.13. The summed E-state index contributed by atoms with van der Waals surface area (Å²) in [5.74, 6) is -0.116. The van der Waals surface area contributed by atoms with E-state index < -0.39 is 5.97 Å². The van der Waals surface area contributed by atoms with Crippen molar-refractivity contribution in [3.63, 3.8) is 0 Å². The van der Waals surface area contributed by atoms with Crippen LogP contribution >= 0.6 is 15.9 Å². The van der Waals surface area contributed by atoms with Gasteiger partial charge in [0.25, 0.3) is 11.7 Å². The lowest BCUT2D eigenvalue weighted by molar-refractivity contribution is -0.884. The van der Waals surface area contributed by atoms with Crippen molar-refractivity contribution in [2.45, 2.75) is 6.92 Å². The minimum atomic E-state index is -0.422. The van der Waals surface area contributed by atoms with Gasteiger partial charge in [0.2, 0.25) is 0 Å². The second-order valence-corrected chi connectivity index (χ2v) is 4.23. The van der Waals surface area contributed by atoms with E-state index >= 15 is 0 Å². The summed E-state index contributed by atoms with van der Waals surface area (Å²) >= 11 is 3.33. The highest BCUT2D eigenvalue weighted by Crippen LogP contribution is 2.20. The molecule has 0 fully saturated rings. The lowest BCUT2D eigenvalue weighted by Gasteiger charge is -2.00. The van der Waals surface area contributed by atoms with E-state index in [2.05, 4.69) is 15.9 Å². The molecule has 0 radical (unpaired) electrons. The quantitative estimate of drug-likeness (QED) is 0.495. The molecule has 0 aliphatic carbocycles. The van der Waals surface area contributed by atoms with Crippen LogP contribution in [-0.4, -0.2) is 11.2 Å². The smallest absolute Gasteiger partial charge is 0.308 e. The molecule has 1 N–H and O–H groups in total. The van der Waals surface area contributed by atoms with Crippen molar-refractivity contribution >= 4 is 32.8 Å². The Hall–Kier alpha value is -1.62. The van der Waals surface area contributed by atoms with Crippen LogP contribution in [0.1, 0.15) is 6.92 Å². The second-order valence-electron chi connectivity index (χ2n) is 3.32. The van der Waals surface area contributed by atoms with Gasteiger partial charge in [-0.05, 0) is 12.1 Å². The van der Waals surface area contributed by atoms with Crippen LogP contribution < -0.4 is 9.47 Å². The summed E-state index contributed by atoms with van der Waals surface area (Å²) in [6, 6.07) is 7.10. The topological polar surface area (TPSA) is 50.4 Å². The lowest BCUT2D eigenvalue weighted by atomic mass is 10.2. The summed E-state index contributed by atoms with van der Waals surface area (Å²) in [5.41, 5.74) is 0.638. The molecule has 1 heterocycles. The standard InChI is InChI=1S/C11H9BrNO3/c1-7(14)16-10-5-8-4-9(12)2-3-11(8)13(15)6-10/h2-6,15H,1H3/q+1. The number of rotatable bonds is 1. The first kappa shape index (κ1) is 10.9. The van der Waals surface area contributed by atoms with Gasteiger partial charge in [0, 0.05) is 28.3 Å². The van der Waals surface area contributed by atoms with Crippen molar-refractivity contribution < 1.29 is 19.5 Å². The zero-order chi connectivity index (χ0) is 11.7. The fourth-order valence-corrected chi connectivity index (χ4v) is 1.83. The molecule has 0 aliphatic heterocycles. The van der Waals surface area contributed by atoms with Crippen molar-refractivity contribution in [1.82, 2.24) is 0 Å². The maximum atomic E-state index is 10.8. The molecule has 0 amide bonds. The maximum absolute atomic E-state index is 10.8. The van der Waals surface area contributed by atoms with Crippen LogP contribution in [0.2, 0.25) is 0 Å². The van der Waals surface area contributed by atoms with Crippen molar-refractivity contribution in [1.29, 1.82) is 0 Å². The number of halogens is 1. The Morgan fingerprint density at radius 3 is 2.88 bits per heavy atom. The molecule has 5 heteroatoms. The van der Waals surface area contributed by atoms with Crippen molar-refractivity contribution in [3.8, 4) is 5.75 Å². The molecule has 0 bridgehead atoms. The third-order valence-electron chi connectivity index (χ3n) is 2.05. The number of hydrogen-bond acceptors (Lipinski definition) is 3. The van der Waals surface area contributed by atoms with Gasteiger partial charge >= 0.3 is 5.97 Å². The number of aromatic nitrogens is 1. The van der Waals surface area contributed by atoms with E-state index in [1.165, 1.54) is 13.1 Å². The molecule has 82 valence electrons.